The summed E-state index contributed by atoms with van der Waals surface area (Å²) in [6.45, 7) is 0.765. The molecule has 104 valence electrons. The van der Waals surface area contributed by atoms with Gasteiger partial charge in [-0.05, 0) is 12.1 Å². The average Bonchev–Trinajstić information content (AvgIpc) is 2.38. The molecule has 19 heavy (non-hydrogen) atoms. The van der Waals surface area contributed by atoms with E-state index in [1.54, 1.807) is 7.05 Å². The van der Waals surface area contributed by atoms with Crippen molar-refractivity contribution in [1.29, 1.82) is 0 Å². The Labute approximate surface area is 111 Å². The normalized spacial score (nSPS) is 10.1. The molecule has 0 fully saturated rings. The summed E-state index contributed by atoms with van der Waals surface area (Å²) < 4.78 is 18.5. The molecule has 0 aliphatic carbocycles. The lowest BCUT2D eigenvalue weighted by atomic mass is 10.1. The molecule has 0 saturated carbocycles. The van der Waals surface area contributed by atoms with E-state index in [-0.39, 0.29) is 23.7 Å². The minimum absolute atomic E-state index is 0.0362. The van der Waals surface area contributed by atoms with Gasteiger partial charge in [0.25, 0.3) is 0 Å². The zero-order chi connectivity index (χ0) is 14.3. The van der Waals surface area contributed by atoms with Crippen LogP contribution in [0.4, 0.5) is 10.1 Å². The number of aldehydes is 1. The Morgan fingerprint density at radius 2 is 2.26 bits per heavy atom. The summed E-state index contributed by atoms with van der Waals surface area (Å²) in [6.07, 6.45) is 0.567. The Hall–Kier alpha value is -1.95. The Morgan fingerprint density at radius 1 is 1.53 bits per heavy atom. The number of nitrogens with zero attached hydrogens (tertiary/aromatic N) is 1. The van der Waals surface area contributed by atoms with Crippen molar-refractivity contribution in [2.24, 2.45) is 0 Å². The number of likely N-dealkylation sites (N-methyl/N-ethyl adjacent to an activating group) is 1. The van der Waals surface area contributed by atoms with E-state index in [9.17, 15) is 14.0 Å². The van der Waals surface area contributed by atoms with Gasteiger partial charge >= 0.3 is 0 Å². The summed E-state index contributed by atoms with van der Waals surface area (Å²) in [6, 6.07) is 4.21. The van der Waals surface area contributed by atoms with Gasteiger partial charge in [0.15, 0.2) is 6.29 Å². The molecule has 0 atom stereocenters. The highest BCUT2D eigenvalue weighted by Gasteiger charge is 2.15. The fourth-order valence-corrected chi connectivity index (χ4v) is 1.67. The molecule has 0 aromatic heterocycles. The smallest absolute Gasteiger partial charge is 0.239 e. The molecule has 0 heterocycles. The lowest BCUT2D eigenvalue weighted by molar-refractivity contribution is -0.119. The zero-order valence-electron chi connectivity index (χ0n) is 11.0. The molecule has 6 heteroatoms. The first-order valence-corrected chi connectivity index (χ1v) is 5.80. The molecule has 0 bridgehead atoms. The highest BCUT2D eigenvalue weighted by atomic mass is 19.1. The summed E-state index contributed by atoms with van der Waals surface area (Å²) in [5.41, 5.74) is 0.339. The lowest BCUT2D eigenvalue weighted by Gasteiger charge is -2.20. The summed E-state index contributed by atoms with van der Waals surface area (Å²) in [7, 11) is 3.09. The summed E-state index contributed by atoms with van der Waals surface area (Å²) in [5.74, 6) is -0.795. The number of nitrogens with one attached hydrogen (secondary N) is 1. The molecular weight excluding hydrogens is 251 g/mol. The topological polar surface area (TPSA) is 58.6 Å². The Morgan fingerprint density at radius 3 is 2.89 bits per heavy atom. The van der Waals surface area contributed by atoms with Crippen molar-refractivity contribution >= 4 is 17.9 Å². The van der Waals surface area contributed by atoms with Gasteiger partial charge in [-0.1, -0.05) is 6.07 Å². The largest absolute Gasteiger partial charge is 0.383 e. The average molecular weight is 268 g/mol. The van der Waals surface area contributed by atoms with Crippen LogP contribution in [0.2, 0.25) is 0 Å². The Kier molecular flexibility index (Phi) is 5.95. The van der Waals surface area contributed by atoms with Crippen molar-refractivity contribution < 1.29 is 18.7 Å². The number of para-hydroxylation sites is 1. The second-order valence-corrected chi connectivity index (χ2v) is 3.99. The van der Waals surface area contributed by atoms with E-state index in [1.165, 1.54) is 30.2 Å². The third-order valence-electron chi connectivity index (χ3n) is 2.54. The zero-order valence-corrected chi connectivity index (χ0v) is 11.0. The molecule has 0 aliphatic heterocycles. The van der Waals surface area contributed by atoms with Gasteiger partial charge in [0.05, 0.1) is 18.8 Å². The van der Waals surface area contributed by atoms with E-state index in [2.05, 4.69) is 5.32 Å². The number of rotatable bonds is 7. The van der Waals surface area contributed by atoms with E-state index in [0.29, 0.717) is 19.4 Å². The number of hydrogen-bond acceptors (Lipinski definition) is 4. The van der Waals surface area contributed by atoms with E-state index in [4.69, 9.17) is 4.74 Å². The van der Waals surface area contributed by atoms with Crippen molar-refractivity contribution in [2.75, 3.05) is 38.8 Å². The number of methoxy groups -OCH3 is 1. The molecule has 0 spiro atoms. The van der Waals surface area contributed by atoms with E-state index in [1.807, 2.05) is 0 Å². The van der Waals surface area contributed by atoms with Crippen LogP contribution in [0.5, 0.6) is 0 Å². The Bertz CT molecular complexity index is 452. The van der Waals surface area contributed by atoms with Crippen LogP contribution in [0.25, 0.3) is 0 Å². The van der Waals surface area contributed by atoms with Gasteiger partial charge in [-0.2, -0.15) is 0 Å². The van der Waals surface area contributed by atoms with Crippen molar-refractivity contribution in [2.45, 2.75) is 0 Å². The van der Waals surface area contributed by atoms with Crippen molar-refractivity contribution in [1.82, 2.24) is 5.32 Å². The van der Waals surface area contributed by atoms with Gasteiger partial charge in [-0.15, -0.1) is 0 Å². The fraction of sp³-hybridized carbons (Fsp3) is 0.385. The maximum Gasteiger partial charge on any atom is 0.239 e. The number of halogens is 1. The maximum atomic E-state index is 13.7. The van der Waals surface area contributed by atoms with Crippen LogP contribution < -0.4 is 10.2 Å². The number of carbonyl (C=O) groups is 2. The van der Waals surface area contributed by atoms with Crippen LogP contribution in [-0.4, -0.2) is 46.0 Å². The first-order chi connectivity index (χ1) is 9.10. The highest BCUT2D eigenvalue weighted by Crippen LogP contribution is 2.21. The molecule has 0 unspecified atom stereocenters. The first-order valence-electron chi connectivity index (χ1n) is 5.80. The predicted molar refractivity (Wildman–Crippen MR) is 69.9 cm³/mol. The van der Waals surface area contributed by atoms with Crippen LogP contribution >= 0.6 is 0 Å². The molecule has 1 N–H and O–H groups in total. The van der Waals surface area contributed by atoms with E-state index >= 15 is 0 Å². The monoisotopic (exact) mass is 268 g/mol. The number of hydrogen-bond donors (Lipinski definition) is 1. The van der Waals surface area contributed by atoms with E-state index in [0.717, 1.165) is 0 Å². The highest BCUT2D eigenvalue weighted by molar-refractivity contribution is 5.87. The van der Waals surface area contributed by atoms with Crippen LogP contribution in [0, 0.1) is 5.82 Å². The molecule has 1 rings (SSSR count). The quantitative estimate of drug-likeness (QED) is 0.588. The number of amides is 1. The van der Waals surface area contributed by atoms with Gasteiger partial charge in [0.1, 0.15) is 5.82 Å². The summed E-state index contributed by atoms with van der Waals surface area (Å²) >= 11 is 0. The van der Waals surface area contributed by atoms with Crippen LogP contribution in [0.1, 0.15) is 10.4 Å². The van der Waals surface area contributed by atoms with Gasteiger partial charge in [-0.25, -0.2) is 4.39 Å². The molecule has 1 aromatic carbocycles. The van der Waals surface area contributed by atoms with Crippen molar-refractivity contribution in [3.63, 3.8) is 0 Å². The minimum atomic E-state index is -0.531. The molecule has 1 amide bonds. The summed E-state index contributed by atoms with van der Waals surface area (Å²) in [4.78, 5) is 23.9. The molecule has 0 radical (unpaired) electrons. The van der Waals surface area contributed by atoms with Crippen LogP contribution in [-0.2, 0) is 9.53 Å². The predicted octanol–water partition coefficient (Wildman–Crippen LogP) is 0.837. The SMILES string of the molecule is COCCNC(=O)CN(C)c1c(F)cccc1C=O. The van der Waals surface area contributed by atoms with Gasteiger partial charge in [0.2, 0.25) is 5.91 Å². The second-order valence-electron chi connectivity index (χ2n) is 3.99. The lowest BCUT2D eigenvalue weighted by Crippen LogP contribution is -2.37. The first kappa shape index (κ1) is 15.1. The molecule has 0 aliphatic rings. The maximum absolute atomic E-state index is 13.7. The standard InChI is InChI=1S/C13H17FN2O3/c1-16(8-12(18)15-6-7-19-2)13-10(9-17)4-3-5-11(13)14/h3-5,9H,6-8H2,1-2H3,(H,15,18). The molecule has 0 saturated heterocycles. The molecule has 1 aromatic rings. The third kappa shape index (κ3) is 4.33. The fourth-order valence-electron chi connectivity index (χ4n) is 1.67. The number of benzene rings is 1. The van der Waals surface area contributed by atoms with Crippen molar-refractivity contribution in [3.05, 3.63) is 29.6 Å². The summed E-state index contributed by atoms with van der Waals surface area (Å²) in [5, 5.41) is 2.62. The van der Waals surface area contributed by atoms with Gasteiger partial charge in [0, 0.05) is 26.3 Å². The van der Waals surface area contributed by atoms with Crippen LogP contribution in [0.15, 0.2) is 18.2 Å². The van der Waals surface area contributed by atoms with Gasteiger partial charge < -0.3 is 15.0 Å². The van der Waals surface area contributed by atoms with Crippen LogP contribution in [0.3, 0.4) is 0 Å². The number of carbonyl (C=O) groups excluding carboxylic acids is 2. The second kappa shape index (κ2) is 7.48. The molecule has 5 nitrogen and oxygen atoms in total. The number of anilines is 1. The van der Waals surface area contributed by atoms with E-state index < -0.39 is 5.82 Å². The number of ether oxygens (including phenoxy) is 1. The van der Waals surface area contributed by atoms with Gasteiger partial charge in [-0.3, -0.25) is 9.59 Å². The van der Waals surface area contributed by atoms with Crippen molar-refractivity contribution in [3.8, 4) is 0 Å². The minimum Gasteiger partial charge on any atom is -0.383 e. The third-order valence-corrected chi connectivity index (χ3v) is 2.54. The Balaban J connectivity index is 2.70. The molecular formula is C13H17FN2O3.